The van der Waals surface area contributed by atoms with Crippen LogP contribution in [0, 0.1) is 0 Å². The molecule has 0 spiro atoms. The van der Waals surface area contributed by atoms with Gasteiger partial charge in [-0.05, 0) is 12.1 Å². The summed E-state index contributed by atoms with van der Waals surface area (Å²) in [5.41, 5.74) is 0.620. The van der Waals surface area contributed by atoms with E-state index >= 15 is 0 Å². The Morgan fingerprint density at radius 2 is 1.90 bits per heavy atom. The van der Waals surface area contributed by atoms with Gasteiger partial charge in [0.25, 0.3) is 5.91 Å². The van der Waals surface area contributed by atoms with Crippen LogP contribution in [0.1, 0.15) is 10.4 Å². The molecule has 1 fully saturated rings. The quantitative estimate of drug-likeness (QED) is 0.716. The van der Waals surface area contributed by atoms with E-state index in [1.54, 1.807) is 17.0 Å². The standard InChI is InChI=1S/C15H21N3O3/c19-14(18-9-6-16-7-10-18)12-21-11-8-17-15(20)13-4-2-1-3-5-13/h1-5,16H,6-12H2,(H,17,20). The maximum Gasteiger partial charge on any atom is 0.251 e. The smallest absolute Gasteiger partial charge is 0.251 e. The highest BCUT2D eigenvalue weighted by Gasteiger charge is 2.15. The van der Waals surface area contributed by atoms with Crippen molar-refractivity contribution in [2.75, 3.05) is 45.9 Å². The van der Waals surface area contributed by atoms with Crippen molar-refractivity contribution in [1.82, 2.24) is 15.5 Å². The van der Waals surface area contributed by atoms with Crippen molar-refractivity contribution < 1.29 is 14.3 Å². The second-order valence-corrected chi connectivity index (χ2v) is 4.81. The Hall–Kier alpha value is -1.92. The van der Waals surface area contributed by atoms with E-state index in [-0.39, 0.29) is 18.4 Å². The summed E-state index contributed by atoms with van der Waals surface area (Å²) in [6.07, 6.45) is 0. The summed E-state index contributed by atoms with van der Waals surface area (Å²) in [5.74, 6) is -0.126. The molecular weight excluding hydrogens is 270 g/mol. The fraction of sp³-hybridized carbons (Fsp3) is 0.467. The van der Waals surface area contributed by atoms with Gasteiger partial charge in [-0.3, -0.25) is 9.59 Å². The molecule has 1 aliphatic heterocycles. The zero-order valence-electron chi connectivity index (χ0n) is 12.0. The molecule has 1 aliphatic rings. The Bertz CT molecular complexity index is 458. The van der Waals surface area contributed by atoms with Crippen LogP contribution in [-0.2, 0) is 9.53 Å². The number of rotatable bonds is 6. The van der Waals surface area contributed by atoms with Gasteiger partial charge in [0.05, 0.1) is 6.61 Å². The Labute approximate surface area is 124 Å². The second-order valence-electron chi connectivity index (χ2n) is 4.81. The molecule has 0 unspecified atom stereocenters. The molecule has 1 saturated heterocycles. The predicted octanol–water partition coefficient (Wildman–Crippen LogP) is -0.135. The second kappa shape index (κ2) is 8.39. The van der Waals surface area contributed by atoms with E-state index in [1.165, 1.54) is 0 Å². The van der Waals surface area contributed by atoms with E-state index in [0.29, 0.717) is 18.7 Å². The van der Waals surface area contributed by atoms with Gasteiger partial charge in [0.1, 0.15) is 6.61 Å². The molecule has 1 aromatic rings. The minimum Gasteiger partial charge on any atom is -0.370 e. The lowest BCUT2D eigenvalue weighted by Crippen LogP contribution is -2.47. The summed E-state index contributed by atoms with van der Waals surface area (Å²) in [6, 6.07) is 9.00. The van der Waals surface area contributed by atoms with Crippen LogP contribution in [-0.4, -0.2) is 62.7 Å². The molecule has 0 aromatic heterocycles. The van der Waals surface area contributed by atoms with Gasteiger partial charge >= 0.3 is 0 Å². The number of nitrogens with zero attached hydrogens (tertiary/aromatic N) is 1. The van der Waals surface area contributed by atoms with Crippen molar-refractivity contribution >= 4 is 11.8 Å². The van der Waals surface area contributed by atoms with E-state index in [9.17, 15) is 9.59 Å². The number of carbonyl (C=O) groups is 2. The zero-order chi connectivity index (χ0) is 14.9. The van der Waals surface area contributed by atoms with Crippen molar-refractivity contribution in [3.8, 4) is 0 Å². The summed E-state index contributed by atoms with van der Waals surface area (Å²) in [7, 11) is 0. The average molecular weight is 291 g/mol. The molecular formula is C15H21N3O3. The average Bonchev–Trinajstić information content (AvgIpc) is 2.55. The highest BCUT2D eigenvalue weighted by atomic mass is 16.5. The lowest BCUT2D eigenvalue weighted by molar-refractivity contribution is -0.136. The fourth-order valence-electron chi connectivity index (χ4n) is 2.09. The van der Waals surface area contributed by atoms with Crippen LogP contribution < -0.4 is 10.6 Å². The van der Waals surface area contributed by atoms with Gasteiger partial charge in [0, 0.05) is 38.3 Å². The summed E-state index contributed by atoms with van der Waals surface area (Å²) >= 11 is 0. The first-order chi connectivity index (χ1) is 10.3. The molecule has 1 aromatic carbocycles. The van der Waals surface area contributed by atoms with E-state index in [2.05, 4.69) is 10.6 Å². The van der Waals surface area contributed by atoms with Crippen LogP contribution >= 0.6 is 0 Å². The van der Waals surface area contributed by atoms with Gasteiger partial charge in [-0.25, -0.2) is 0 Å². The van der Waals surface area contributed by atoms with Crippen LogP contribution in [0.5, 0.6) is 0 Å². The zero-order valence-corrected chi connectivity index (χ0v) is 12.0. The van der Waals surface area contributed by atoms with Crippen LogP contribution in [0.2, 0.25) is 0 Å². The molecule has 1 heterocycles. The minimum atomic E-state index is -0.132. The Balaban J connectivity index is 1.57. The van der Waals surface area contributed by atoms with E-state index in [1.807, 2.05) is 18.2 Å². The third-order valence-corrected chi connectivity index (χ3v) is 3.26. The number of nitrogens with one attached hydrogen (secondary N) is 2. The van der Waals surface area contributed by atoms with Gasteiger partial charge in [-0.2, -0.15) is 0 Å². The predicted molar refractivity (Wildman–Crippen MR) is 79.0 cm³/mol. The molecule has 114 valence electrons. The lowest BCUT2D eigenvalue weighted by Gasteiger charge is -2.27. The summed E-state index contributed by atoms with van der Waals surface area (Å²) in [4.78, 5) is 25.3. The number of hydrogen-bond acceptors (Lipinski definition) is 4. The van der Waals surface area contributed by atoms with Crippen LogP contribution in [0.25, 0.3) is 0 Å². The van der Waals surface area contributed by atoms with Crippen molar-refractivity contribution in [1.29, 1.82) is 0 Å². The van der Waals surface area contributed by atoms with E-state index in [4.69, 9.17) is 4.74 Å². The number of carbonyl (C=O) groups excluding carboxylic acids is 2. The third-order valence-electron chi connectivity index (χ3n) is 3.26. The van der Waals surface area contributed by atoms with E-state index in [0.717, 1.165) is 26.2 Å². The first-order valence-corrected chi connectivity index (χ1v) is 7.17. The number of hydrogen-bond donors (Lipinski definition) is 2. The Kier molecular flexibility index (Phi) is 6.18. The molecule has 2 rings (SSSR count). The van der Waals surface area contributed by atoms with Crippen LogP contribution in [0.15, 0.2) is 30.3 Å². The number of benzene rings is 1. The summed E-state index contributed by atoms with van der Waals surface area (Å²) in [5, 5.41) is 5.95. The molecule has 6 heteroatoms. The molecule has 2 N–H and O–H groups in total. The lowest BCUT2D eigenvalue weighted by atomic mass is 10.2. The Morgan fingerprint density at radius 3 is 2.62 bits per heavy atom. The largest absolute Gasteiger partial charge is 0.370 e. The van der Waals surface area contributed by atoms with Crippen molar-refractivity contribution in [3.05, 3.63) is 35.9 Å². The van der Waals surface area contributed by atoms with Gasteiger partial charge in [-0.15, -0.1) is 0 Å². The molecule has 0 saturated carbocycles. The van der Waals surface area contributed by atoms with Crippen LogP contribution in [0.3, 0.4) is 0 Å². The normalized spacial score (nSPS) is 14.8. The SMILES string of the molecule is O=C(NCCOCC(=O)N1CCNCC1)c1ccccc1. The topological polar surface area (TPSA) is 70.7 Å². The van der Waals surface area contributed by atoms with E-state index < -0.39 is 0 Å². The van der Waals surface area contributed by atoms with Gasteiger partial charge < -0.3 is 20.3 Å². The maximum atomic E-state index is 11.8. The number of amides is 2. The maximum absolute atomic E-state index is 11.8. The van der Waals surface area contributed by atoms with Gasteiger partial charge in [0.15, 0.2) is 0 Å². The molecule has 0 aliphatic carbocycles. The molecule has 0 bridgehead atoms. The third kappa shape index (κ3) is 5.17. The highest BCUT2D eigenvalue weighted by Crippen LogP contribution is 1.97. The van der Waals surface area contributed by atoms with Crippen molar-refractivity contribution in [2.45, 2.75) is 0 Å². The fourth-order valence-corrected chi connectivity index (χ4v) is 2.09. The monoisotopic (exact) mass is 291 g/mol. The number of ether oxygens (including phenoxy) is 1. The molecule has 0 atom stereocenters. The highest BCUT2D eigenvalue weighted by molar-refractivity contribution is 5.94. The summed E-state index contributed by atoms with van der Waals surface area (Å²) < 4.78 is 5.31. The first-order valence-electron chi connectivity index (χ1n) is 7.17. The van der Waals surface area contributed by atoms with Crippen LogP contribution in [0.4, 0.5) is 0 Å². The summed E-state index contributed by atoms with van der Waals surface area (Å²) in [6.45, 7) is 3.91. The molecule has 0 radical (unpaired) electrons. The van der Waals surface area contributed by atoms with Gasteiger partial charge in [-0.1, -0.05) is 18.2 Å². The molecule has 6 nitrogen and oxygen atoms in total. The minimum absolute atomic E-state index is 0.00545. The van der Waals surface area contributed by atoms with Gasteiger partial charge in [0.2, 0.25) is 5.91 Å². The molecule has 21 heavy (non-hydrogen) atoms. The van der Waals surface area contributed by atoms with Crippen molar-refractivity contribution in [2.24, 2.45) is 0 Å². The molecule has 2 amide bonds. The number of piperazine rings is 1. The van der Waals surface area contributed by atoms with Crippen molar-refractivity contribution in [3.63, 3.8) is 0 Å². The Morgan fingerprint density at radius 1 is 1.19 bits per heavy atom. The first kappa shape index (κ1) is 15.5.